The second-order valence-corrected chi connectivity index (χ2v) is 9.93. The van der Waals surface area contributed by atoms with Gasteiger partial charge < -0.3 is 14.5 Å². The summed E-state index contributed by atoms with van der Waals surface area (Å²) in [6.45, 7) is 3.46. The lowest BCUT2D eigenvalue weighted by molar-refractivity contribution is 0.156. The Morgan fingerprint density at radius 3 is 2.39 bits per heavy atom. The predicted octanol–water partition coefficient (Wildman–Crippen LogP) is 5.26. The van der Waals surface area contributed by atoms with Crippen molar-refractivity contribution in [2.24, 2.45) is 0 Å². The lowest BCUT2D eigenvalue weighted by Crippen LogP contribution is -2.32. The number of hydrogen-bond acceptors (Lipinski definition) is 7. The lowest BCUT2D eigenvalue weighted by Gasteiger charge is -2.31. The van der Waals surface area contributed by atoms with Gasteiger partial charge in [-0.15, -0.1) is 5.10 Å². The zero-order valence-corrected chi connectivity index (χ0v) is 23.4. The van der Waals surface area contributed by atoms with Crippen molar-refractivity contribution in [1.29, 1.82) is 0 Å². The number of hydrogen-bond donors (Lipinski definition) is 1. The molecule has 0 saturated carbocycles. The average molecular weight is 557 g/mol. The number of nitrogens with zero attached hydrogens (tertiary/aromatic N) is 5. The number of halogens is 1. The summed E-state index contributed by atoms with van der Waals surface area (Å²) in [6, 6.07) is 21.8. The van der Waals surface area contributed by atoms with E-state index in [2.05, 4.69) is 44.5 Å². The molecule has 2 aromatic heterocycles. The number of fused-ring (bicyclic) bond motifs is 1. The van der Waals surface area contributed by atoms with E-state index < -0.39 is 0 Å². The summed E-state index contributed by atoms with van der Waals surface area (Å²) in [5.74, 6) is 1.53. The number of pyridine rings is 1. The molecular weight excluding hydrogens is 523 g/mol. The lowest BCUT2D eigenvalue weighted by atomic mass is 10.0. The van der Waals surface area contributed by atoms with Gasteiger partial charge in [-0.25, -0.2) is 9.07 Å². The third-order valence-electron chi connectivity index (χ3n) is 7.13. The van der Waals surface area contributed by atoms with Crippen LogP contribution < -0.4 is 15.0 Å². The van der Waals surface area contributed by atoms with Gasteiger partial charge in [-0.1, -0.05) is 55.8 Å². The zero-order valence-electron chi connectivity index (χ0n) is 23.4. The maximum Gasteiger partial charge on any atom is 0.252 e. The van der Waals surface area contributed by atoms with Gasteiger partial charge >= 0.3 is 0 Å². The van der Waals surface area contributed by atoms with Gasteiger partial charge in [0.25, 0.3) is 5.56 Å². The first-order valence-corrected chi connectivity index (χ1v) is 13.6. The summed E-state index contributed by atoms with van der Waals surface area (Å²) in [4.78, 5) is 18.6. The molecule has 0 bridgehead atoms. The van der Waals surface area contributed by atoms with E-state index in [1.165, 1.54) is 12.1 Å². The Kier molecular flexibility index (Phi) is 8.69. The third kappa shape index (κ3) is 6.44. The Morgan fingerprint density at radius 1 is 0.951 bits per heavy atom. The fourth-order valence-electron chi connectivity index (χ4n) is 5.08. The first-order chi connectivity index (χ1) is 20.0. The molecule has 0 amide bonds. The number of benzene rings is 3. The monoisotopic (exact) mass is 556 g/mol. The Bertz CT molecular complexity index is 1650. The van der Waals surface area contributed by atoms with Crippen molar-refractivity contribution < 1.29 is 13.9 Å². The predicted molar refractivity (Wildman–Crippen MR) is 154 cm³/mol. The minimum atomic E-state index is -0.291. The van der Waals surface area contributed by atoms with Crippen LogP contribution in [0.2, 0.25) is 0 Å². The number of rotatable bonds is 12. The first-order valence-electron chi connectivity index (χ1n) is 13.6. The fraction of sp³-hybridized carbons (Fsp3) is 0.290. The minimum Gasteiger partial charge on any atom is -0.493 e. The fourth-order valence-corrected chi connectivity index (χ4v) is 5.08. The van der Waals surface area contributed by atoms with Crippen LogP contribution in [0.4, 0.5) is 4.39 Å². The van der Waals surface area contributed by atoms with Crippen molar-refractivity contribution in [2.45, 2.75) is 45.4 Å². The van der Waals surface area contributed by atoms with Crippen LogP contribution in [0.15, 0.2) is 77.6 Å². The molecule has 0 spiro atoms. The molecule has 0 radical (unpaired) electrons. The number of tetrazole rings is 1. The molecule has 0 unspecified atom stereocenters. The van der Waals surface area contributed by atoms with Crippen molar-refractivity contribution >= 4 is 10.9 Å². The highest BCUT2D eigenvalue weighted by atomic mass is 19.1. The van der Waals surface area contributed by atoms with E-state index in [9.17, 15) is 9.18 Å². The van der Waals surface area contributed by atoms with E-state index in [1.807, 2.05) is 30.3 Å². The molecule has 10 heteroatoms. The maximum absolute atomic E-state index is 13.5. The molecule has 1 N–H and O–H groups in total. The van der Waals surface area contributed by atoms with Crippen LogP contribution in [0.5, 0.6) is 11.5 Å². The third-order valence-corrected chi connectivity index (χ3v) is 7.13. The molecule has 5 aromatic rings. The van der Waals surface area contributed by atoms with Gasteiger partial charge in [0.15, 0.2) is 17.3 Å². The zero-order chi connectivity index (χ0) is 28.8. The summed E-state index contributed by atoms with van der Waals surface area (Å²) < 4.78 is 26.2. The molecule has 0 aliphatic carbocycles. The summed E-state index contributed by atoms with van der Waals surface area (Å²) >= 11 is 0. The van der Waals surface area contributed by atoms with E-state index in [4.69, 9.17) is 9.47 Å². The molecular formula is C31H33FN6O3. The minimum absolute atomic E-state index is 0.177. The molecule has 1 atom stereocenters. The van der Waals surface area contributed by atoms with Crippen LogP contribution in [0.25, 0.3) is 10.9 Å². The van der Waals surface area contributed by atoms with Crippen molar-refractivity contribution in [3.63, 3.8) is 0 Å². The van der Waals surface area contributed by atoms with Gasteiger partial charge in [-0.05, 0) is 52.2 Å². The number of ether oxygens (including phenoxy) is 2. The number of nitrogens with one attached hydrogen (secondary N) is 1. The van der Waals surface area contributed by atoms with Crippen LogP contribution in [0.1, 0.15) is 48.3 Å². The summed E-state index contributed by atoms with van der Waals surface area (Å²) in [7, 11) is 3.15. The molecule has 0 aliphatic rings. The van der Waals surface area contributed by atoms with Crippen LogP contribution in [0, 0.1) is 5.82 Å². The van der Waals surface area contributed by atoms with E-state index >= 15 is 0 Å². The normalized spacial score (nSPS) is 12.1. The number of H-pyrrole nitrogens is 1. The number of aromatic nitrogens is 5. The van der Waals surface area contributed by atoms with Crippen molar-refractivity contribution in [1.82, 2.24) is 30.1 Å². The average Bonchev–Trinajstić information content (AvgIpc) is 3.44. The molecule has 0 aliphatic heterocycles. The van der Waals surface area contributed by atoms with E-state index in [1.54, 1.807) is 37.1 Å². The molecule has 212 valence electrons. The van der Waals surface area contributed by atoms with E-state index in [0.717, 1.165) is 29.4 Å². The topological polar surface area (TPSA) is 98.2 Å². The van der Waals surface area contributed by atoms with Crippen molar-refractivity contribution in [3.05, 3.63) is 111 Å². The highest BCUT2D eigenvalue weighted by molar-refractivity contribution is 5.83. The molecule has 3 aromatic carbocycles. The summed E-state index contributed by atoms with van der Waals surface area (Å²) in [5.41, 5.74) is 3.09. The molecule has 0 saturated heterocycles. The smallest absolute Gasteiger partial charge is 0.252 e. The summed E-state index contributed by atoms with van der Waals surface area (Å²) in [5, 5.41) is 13.5. The second kappa shape index (κ2) is 12.7. The van der Waals surface area contributed by atoms with E-state index in [-0.39, 0.29) is 17.4 Å². The Hall–Kier alpha value is -4.57. The number of methoxy groups -OCH3 is 2. The van der Waals surface area contributed by atoms with Crippen LogP contribution in [-0.4, -0.2) is 44.3 Å². The standard InChI is InChI=1S/C31H33FN6O3/c1-4-8-27(30-34-35-36-38(30)19-22-11-13-25(32)14-12-22)37(18-21-9-6-5-7-10-21)20-24-15-23-16-28(40-2)29(41-3)17-26(23)33-31(24)39/h5-7,9-17,27H,4,8,18-20H2,1-3H3,(H,33,39)/t27-/m1/s1. The summed E-state index contributed by atoms with van der Waals surface area (Å²) in [6.07, 6.45) is 1.65. The van der Waals surface area contributed by atoms with Gasteiger partial charge in [-0.2, -0.15) is 0 Å². The molecule has 41 heavy (non-hydrogen) atoms. The van der Waals surface area contributed by atoms with E-state index in [0.29, 0.717) is 48.0 Å². The molecule has 0 fully saturated rings. The highest BCUT2D eigenvalue weighted by Gasteiger charge is 2.27. The Morgan fingerprint density at radius 2 is 1.68 bits per heavy atom. The Labute approximate surface area is 237 Å². The van der Waals surface area contributed by atoms with Crippen LogP contribution in [-0.2, 0) is 19.6 Å². The SMILES string of the molecule is CCC[C@H](c1nnnn1Cc1ccc(F)cc1)N(Cc1ccccc1)Cc1cc2cc(OC)c(OC)cc2[nH]c1=O. The first kappa shape index (κ1) is 28.0. The van der Waals surface area contributed by atoms with Gasteiger partial charge in [0.2, 0.25) is 0 Å². The molecule has 5 rings (SSSR count). The van der Waals surface area contributed by atoms with Gasteiger partial charge in [0, 0.05) is 30.1 Å². The highest BCUT2D eigenvalue weighted by Crippen LogP contribution is 2.32. The van der Waals surface area contributed by atoms with Gasteiger partial charge in [-0.3, -0.25) is 9.69 Å². The molecule has 2 heterocycles. The maximum atomic E-state index is 13.5. The van der Waals surface area contributed by atoms with Gasteiger partial charge in [0.05, 0.1) is 32.3 Å². The quantitative estimate of drug-likeness (QED) is 0.224. The second-order valence-electron chi connectivity index (χ2n) is 9.93. The Balaban J connectivity index is 1.54. The largest absolute Gasteiger partial charge is 0.493 e. The van der Waals surface area contributed by atoms with Crippen LogP contribution >= 0.6 is 0 Å². The molecule has 9 nitrogen and oxygen atoms in total. The number of aromatic amines is 1. The van der Waals surface area contributed by atoms with Crippen molar-refractivity contribution in [2.75, 3.05) is 14.2 Å². The van der Waals surface area contributed by atoms with Crippen molar-refractivity contribution in [3.8, 4) is 11.5 Å². The van der Waals surface area contributed by atoms with Crippen LogP contribution in [0.3, 0.4) is 0 Å². The van der Waals surface area contributed by atoms with Gasteiger partial charge in [0.1, 0.15) is 5.82 Å².